The highest BCUT2D eigenvalue weighted by molar-refractivity contribution is 6.03. The first-order valence-electron chi connectivity index (χ1n) is 17.1. The Balaban J connectivity index is 0.000000212. The Morgan fingerprint density at radius 2 is 1.13 bits per heavy atom. The minimum atomic E-state index is -0.797. The van der Waals surface area contributed by atoms with Crippen molar-refractivity contribution in [1.82, 2.24) is 9.97 Å². The topological polar surface area (TPSA) is 196 Å². The lowest BCUT2D eigenvalue weighted by atomic mass is 10.00. The molecule has 0 bridgehead atoms. The molecule has 5 N–H and O–H groups in total. The molecule has 0 radical (unpaired) electrons. The number of nitrogen functional groups attached to an aromatic ring is 1. The molecule has 14 nitrogen and oxygen atoms in total. The summed E-state index contributed by atoms with van der Waals surface area (Å²) in [6.45, 7) is 4.16. The van der Waals surface area contributed by atoms with Gasteiger partial charge in [-0.05, 0) is 71.8 Å². The lowest BCUT2D eigenvalue weighted by Crippen LogP contribution is -2.21. The summed E-state index contributed by atoms with van der Waals surface area (Å²) in [5.41, 5.74) is 15.0. The number of pyridine rings is 2. The molecule has 284 valence electrons. The quantitative estimate of drug-likeness (QED) is 0.0795. The van der Waals surface area contributed by atoms with Crippen molar-refractivity contribution in [1.29, 1.82) is 0 Å². The number of nitrogens with two attached hydrogens (primary N) is 2. The van der Waals surface area contributed by atoms with E-state index in [-0.39, 0.29) is 43.6 Å². The monoisotopic (exact) mass is 747 g/mol. The average Bonchev–Trinajstić information content (AvgIpc) is 3.18. The number of aromatic nitrogens is 2. The lowest BCUT2D eigenvalue weighted by molar-refractivity contribution is 0.0511. The molecule has 0 aliphatic rings. The highest BCUT2D eigenvalue weighted by Gasteiger charge is 2.18. The van der Waals surface area contributed by atoms with Gasteiger partial charge < -0.3 is 45.2 Å². The minimum Gasteiger partial charge on any atom is -0.468 e. The van der Waals surface area contributed by atoms with Crippen LogP contribution < -0.4 is 26.3 Å². The van der Waals surface area contributed by atoms with Crippen molar-refractivity contribution in [2.45, 2.75) is 13.8 Å². The van der Waals surface area contributed by atoms with Gasteiger partial charge in [-0.3, -0.25) is 9.97 Å². The number of carbonyl (C=O) groups excluding carboxylic acids is 3. The number of anilines is 2. The number of esters is 2. The van der Waals surface area contributed by atoms with Crippen molar-refractivity contribution in [3.8, 4) is 34.0 Å². The number of benzene rings is 4. The zero-order chi connectivity index (χ0) is 39.3. The maximum Gasteiger partial charge on any atom is 0.341 e. The van der Waals surface area contributed by atoms with E-state index >= 15 is 0 Å². The summed E-state index contributed by atoms with van der Waals surface area (Å²) >= 11 is 0. The van der Waals surface area contributed by atoms with Crippen LogP contribution in [0.25, 0.3) is 44.1 Å². The van der Waals surface area contributed by atoms with E-state index in [2.05, 4.69) is 15.3 Å². The maximum atomic E-state index is 12.2. The van der Waals surface area contributed by atoms with E-state index in [0.717, 1.165) is 32.7 Å². The number of fused-ring (bicyclic) bond motifs is 2. The van der Waals surface area contributed by atoms with E-state index in [1.54, 1.807) is 40.2 Å². The average molecular weight is 748 g/mol. The third-order valence-corrected chi connectivity index (χ3v) is 8.00. The molecule has 0 saturated heterocycles. The molecule has 6 aromatic rings. The maximum absolute atomic E-state index is 12.2. The summed E-state index contributed by atoms with van der Waals surface area (Å²) in [6, 6.07) is 25.6. The molecule has 55 heavy (non-hydrogen) atoms. The number of carbonyl (C=O) groups is 3. The van der Waals surface area contributed by atoms with Gasteiger partial charge in [-0.25, -0.2) is 14.4 Å². The van der Waals surface area contributed by atoms with Crippen molar-refractivity contribution in [3.05, 3.63) is 108 Å². The van der Waals surface area contributed by atoms with Crippen LogP contribution in [0.5, 0.6) is 11.5 Å². The zero-order valence-electron chi connectivity index (χ0n) is 30.8. The molecule has 4 aromatic carbocycles. The third-order valence-electron chi connectivity index (χ3n) is 8.00. The molecule has 0 spiro atoms. The summed E-state index contributed by atoms with van der Waals surface area (Å²) in [5.74, 6) is 0.181. The summed E-state index contributed by atoms with van der Waals surface area (Å²) in [5, 5.41) is 6.35. The summed E-state index contributed by atoms with van der Waals surface area (Å²) in [7, 11) is 3.11. The molecule has 0 aliphatic carbocycles. The fourth-order valence-electron chi connectivity index (χ4n) is 5.62. The number of urea groups is 1. The predicted molar refractivity (Wildman–Crippen MR) is 209 cm³/mol. The SMILES string of the molecule is CCOC(=O)c1cnc(-c2cc(OCOC)cc3ccccc23)cc1N.CCOC(=O)c1cnc(-c2cc(OCOC)cc3ccccc23)cc1NC(N)=O. The zero-order valence-corrected chi connectivity index (χ0v) is 30.8. The Labute approximate surface area is 317 Å². The summed E-state index contributed by atoms with van der Waals surface area (Å²) in [6.07, 6.45) is 2.80. The van der Waals surface area contributed by atoms with Crippen molar-refractivity contribution < 1.29 is 42.8 Å². The Kier molecular flexibility index (Phi) is 13.5. The van der Waals surface area contributed by atoms with Crippen molar-refractivity contribution in [2.24, 2.45) is 5.73 Å². The molecule has 2 heterocycles. The highest BCUT2D eigenvalue weighted by Crippen LogP contribution is 2.35. The van der Waals surface area contributed by atoms with Gasteiger partial charge in [0.25, 0.3) is 0 Å². The summed E-state index contributed by atoms with van der Waals surface area (Å²) < 4.78 is 31.2. The van der Waals surface area contributed by atoms with Gasteiger partial charge in [0.2, 0.25) is 0 Å². The van der Waals surface area contributed by atoms with Gasteiger partial charge in [-0.1, -0.05) is 48.5 Å². The number of hydrogen-bond acceptors (Lipinski definition) is 12. The van der Waals surface area contributed by atoms with E-state index in [0.29, 0.717) is 28.6 Å². The Hall–Kier alpha value is -6.77. The number of nitrogens with one attached hydrogen (secondary N) is 1. The van der Waals surface area contributed by atoms with Crippen LogP contribution in [0, 0.1) is 0 Å². The molecule has 0 saturated carbocycles. The molecule has 0 atom stereocenters. The van der Waals surface area contributed by atoms with E-state index in [1.807, 2.05) is 72.8 Å². The number of amides is 2. The van der Waals surface area contributed by atoms with E-state index < -0.39 is 18.0 Å². The predicted octanol–water partition coefficient (Wildman–Crippen LogP) is 7.20. The van der Waals surface area contributed by atoms with Gasteiger partial charge in [0.05, 0.1) is 30.3 Å². The Morgan fingerprint density at radius 1 is 0.655 bits per heavy atom. The van der Waals surface area contributed by atoms with Crippen LogP contribution in [0.1, 0.15) is 34.6 Å². The molecule has 0 fully saturated rings. The van der Waals surface area contributed by atoms with Crippen LogP contribution >= 0.6 is 0 Å². The van der Waals surface area contributed by atoms with Crippen LogP contribution in [-0.2, 0) is 18.9 Å². The molecule has 2 amide bonds. The fourth-order valence-corrected chi connectivity index (χ4v) is 5.62. The largest absolute Gasteiger partial charge is 0.468 e. The molecular formula is C41H41N5O9. The Morgan fingerprint density at radius 3 is 1.60 bits per heavy atom. The molecule has 2 aromatic heterocycles. The summed E-state index contributed by atoms with van der Waals surface area (Å²) in [4.78, 5) is 44.4. The van der Waals surface area contributed by atoms with Gasteiger partial charge >= 0.3 is 18.0 Å². The van der Waals surface area contributed by atoms with Gasteiger partial charge in [0, 0.05) is 43.4 Å². The van der Waals surface area contributed by atoms with Crippen LogP contribution in [-0.4, -0.2) is 69.0 Å². The first-order chi connectivity index (χ1) is 26.7. The lowest BCUT2D eigenvalue weighted by Gasteiger charge is -2.14. The number of ether oxygens (including phenoxy) is 6. The highest BCUT2D eigenvalue weighted by atomic mass is 16.7. The normalized spacial score (nSPS) is 10.6. The van der Waals surface area contributed by atoms with Crippen LogP contribution in [0.2, 0.25) is 0 Å². The van der Waals surface area contributed by atoms with Crippen molar-refractivity contribution in [3.63, 3.8) is 0 Å². The number of hydrogen-bond donors (Lipinski definition) is 3. The molecule has 0 unspecified atom stereocenters. The smallest absolute Gasteiger partial charge is 0.341 e. The minimum absolute atomic E-state index is 0.0987. The van der Waals surface area contributed by atoms with Crippen LogP contribution in [0.15, 0.2) is 97.3 Å². The second-order valence-electron chi connectivity index (χ2n) is 11.7. The van der Waals surface area contributed by atoms with Crippen LogP contribution in [0.3, 0.4) is 0 Å². The second-order valence-corrected chi connectivity index (χ2v) is 11.7. The number of methoxy groups -OCH3 is 2. The van der Waals surface area contributed by atoms with Gasteiger partial charge in [-0.2, -0.15) is 0 Å². The fraction of sp³-hybridized carbons (Fsp3) is 0.195. The van der Waals surface area contributed by atoms with Crippen molar-refractivity contribution >= 4 is 50.9 Å². The third kappa shape index (κ3) is 9.81. The van der Waals surface area contributed by atoms with Gasteiger partial charge in [0.1, 0.15) is 22.6 Å². The Bertz CT molecular complexity index is 2320. The van der Waals surface area contributed by atoms with Crippen LogP contribution in [0.4, 0.5) is 16.2 Å². The number of nitrogens with zero attached hydrogens (tertiary/aromatic N) is 2. The molecule has 6 rings (SSSR count). The van der Waals surface area contributed by atoms with E-state index in [9.17, 15) is 14.4 Å². The van der Waals surface area contributed by atoms with Crippen molar-refractivity contribution in [2.75, 3.05) is 52.1 Å². The standard InChI is InChI=1S/C21H21N3O5.C20H20N2O4/c1-3-28-20(25)17-11-23-18(10-19(17)24-21(22)26)16-9-14(29-12-27-2)8-13-6-4-5-7-15(13)16;1-3-25-20(23)17-11-22-19(10-18(17)21)16-9-14(26-12-24-2)8-13-6-4-5-7-15(13)16/h4-11H,3,12H2,1-2H3,(H3,22,23,24,26);4-11H,3,12H2,1-2H3,(H2,21,22). The first-order valence-corrected chi connectivity index (χ1v) is 17.1. The number of rotatable bonds is 13. The van der Waals surface area contributed by atoms with Gasteiger partial charge in [-0.15, -0.1) is 0 Å². The van der Waals surface area contributed by atoms with Gasteiger partial charge in [0.15, 0.2) is 13.6 Å². The molecular weight excluding hydrogens is 706 g/mol. The van der Waals surface area contributed by atoms with E-state index in [4.69, 9.17) is 39.9 Å². The number of primary amides is 1. The molecule has 0 aliphatic heterocycles. The second kappa shape index (κ2) is 18.8. The first kappa shape index (κ1) is 39.4. The van der Waals surface area contributed by atoms with E-state index in [1.165, 1.54) is 12.4 Å². The molecule has 14 heteroatoms.